The number of alkyl halides is 1. The fourth-order valence-electron chi connectivity index (χ4n) is 2.00. The number of aromatic hydroxyl groups is 2. The summed E-state index contributed by atoms with van der Waals surface area (Å²) in [5.41, 5.74) is 1.31. The fourth-order valence-corrected chi connectivity index (χ4v) is 2.20. The second-order valence-corrected chi connectivity index (χ2v) is 4.98. The number of carbonyl (C=O) groups is 1. The van der Waals surface area contributed by atoms with Gasteiger partial charge in [-0.2, -0.15) is 0 Å². The van der Waals surface area contributed by atoms with Crippen molar-refractivity contribution in [3.63, 3.8) is 0 Å². The van der Waals surface area contributed by atoms with Crippen LogP contribution in [0, 0.1) is 0 Å². The molecular formula is C16H16ClNO3. The summed E-state index contributed by atoms with van der Waals surface area (Å²) < 4.78 is 0. The molecule has 1 amide bonds. The lowest BCUT2D eigenvalue weighted by Crippen LogP contribution is -2.32. The molecule has 110 valence electrons. The van der Waals surface area contributed by atoms with Crippen LogP contribution in [-0.4, -0.2) is 33.4 Å². The van der Waals surface area contributed by atoms with Crippen molar-refractivity contribution in [2.24, 2.45) is 0 Å². The third kappa shape index (κ3) is 3.89. The molecule has 0 heterocycles. The van der Waals surface area contributed by atoms with Crippen molar-refractivity contribution in [1.29, 1.82) is 0 Å². The van der Waals surface area contributed by atoms with Crippen LogP contribution in [0.3, 0.4) is 0 Å². The summed E-state index contributed by atoms with van der Waals surface area (Å²) in [6.45, 7) is 0.838. The van der Waals surface area contributed by atoms with Gasteiger partial charge in [0.2, 0.25) is 0 Å². The Kier molecular flexibility index (Phi) is 5.06. The number of rotatable bonds is 5. The van der Waals surface area contributed by atoms with E-state index in [-0.39, 0.29) is 17.4 Å². The minimum atomic E-state index is -0.314. The predicted octanol–water partition coefficient (Wildman–Crippen LogP) is 2.98. The third-order valence-electron chi connectivity index (χ3n) is 3.08. The van der Waals surface area contributed by atoms with Crippen molar-refractivity contribution in [3.8, 4) is 11.5 Å². The molecule has 0 spiro atoms. The van der Waals surface area contributed by atoms with E-state index in [4.69, 9.17) is 11.6 Å². The average molecular weight is 306 g/mol. The molecule has 0 atom stereocenters. The zero-order chi connectivity index (χ0) is 15.2. The Balaban J connectivity index is 2.20. The molecule has 2 aromatic rings. The van der Waals surface area contributed by atoms with Gasteiger partial charge in [0.1, 0.15) is 0 Å². The van der Waals surface area contributed by atoms with E-state index < -0.39 is 0 Å². The van der Waals surface area contributed by atoms with Crippen LogP contribution in [0.4, 0.5) is 0 Å². The van der Waals surface area contributed by atoms with Crippen LogP contribution < -0.4 is 0 Å². The van der Waals surface area contributed by atoms with Gasteiger partial charge in [0.05, 0.1) is 0 Å². The second kappa shape index (κ2) is 6.99. The van der Waals surface area contributed by atoms with E-state index in [1.807, 2.05) is 30.3 Å². The molecule has 21 heavy (non-hydrogen) atoms. The highest BCUT2D eigenvalue weighted by Crippen LogP contribution is 2.25. The van der Waals surface area contributed by atoms with Crippen LogP contribution in [0.1, 0.15) is 15.9 Å². The summed E-state index contributed by atoms with van der Waals surface area (Å²) in [4.78, 5) is 14.1. The molecule has 0 aliphatic carbocycles. The van der Waals surface area contributed by atoms with Crippen LogP contribution in [0.25, 0.3) is 0 Å². The quantitative estimate of drug-likeness (QED) is 0.659. The van der Waals surface area contributed by atoms with Gasteiger partial charge in [0, 0.05) is 24.5 Å². The average Bonchev–Trinajstić information content (AvgIpc) is 2.50. The van der Waals surface area contributed by atoms with E-state index in [0.29, 0.717) is 24.5 Å². The molecule has 2 aromatic carbocycles. The summed E-state index contributed by atoms with van der Waals surface area (Å²) in [5.74, 6) is -0.484. The number of hydrogen-bond acceptors (Lipinski definition) is 3. The van der Waals surface area contributed by atoms with Gasteiger partial charge in [-0.3, -0.25) is 4.79 Å². The van der Waals surface area contributed by atoms with E-state index in [9.17, 15) is 15.0 Å². The van der Waals surface area contributed by atoms with Crippen molar-refractivity contribution in [2.45, 2.75) is 6.54 Å². The molecule has 0 radical (unpaired) electrons. The molecule has 0 aromatic heterocycles. The zero-order valence-corrected chi connectivity index (χ0v) is 12.1. The lowest BCUT2D eigenvalue weighted by atomic mass is 10.1. The number of carbonyl (C=O) groups excluding carboxylic acids is 1. The van der Waals surface area contributed by atoms with Gasteiger partial charge in [-0.25, -0.2) is 0 Å². The first-order chi connectivity index (χ1) is 10.1. The molecule has 5 heteroatoms. The first-order valence-electron chi connectivity index (χ1n) is 6.53. The highest BCUT2D eigenvalue weighted by atomic mass is 35.5. The first kappa shape index (κ1) is 15.2. The lowest BCUT2D eigenvalue weighted by molar-refractivity contribution is 0.0753. The molecule has 0 saturated heterocycles. The maximum Gasteiger partial charge on any atom is 0.254 e. The van der Waals surface area contributed by atoms with Crippen molar-refractivity contribution >= 4 is 17.5 Å². The molecule has 2 rings (SSSR count). The first-order valence-corrected chi connectivity index (χ1v) is 7.06. The van der Waals surface area contributed by atoms with E-state index >= 15 is 0 Å². The van der Waals surface area contributed by atoms with E-state index in [1.165, 1.54) is 18.2 Å². The maximum atomic E-state index is 12.5. The van der Waals surface area contributed by atoms with Gasteiger partial charge in [-0.05, 0) is 23.8 Å². The van der Waals surface area contributed by atoms with Gasteiger partial charge >= 0.3 is 0 Å². The molecule has 0 saturated carbocycles. The van der Waals surface area contributed by atoms with Gasteiger partial charge in [0.15, 0.2) is 11.5 Å². The normalized spacial score (nSPS) is 10.3. The zero-order valence-electron chi connectivity index (χ0n) is 11.4. The third-order valence-corrected chi connectivity index (χ3v) is 3.25. The van der Waals surface area contributed by atoms with E-state index in [1.54, 1.807) is 4.90 Å². The number of halogens is 1. The standard InChI is InChI=1S/C16H16ClNO3/c17-8-9-18(11-12-4-2-1-3-5-12)16(21)13-6-7-14(19)15(20)10-13/h1-7,10,19-20H,8-9,11H2. The number of hydrogen-bond donors (Lipinski definition) is 2. The predicted molar refractivity (Wildman–Crippen MR) is 81.7 cm³/mol. The molecule has 4 nitrogen and oxygen atoms in total. The van der Waals surface area contributed by atoms with Crippen molar-refractivity contribution in [3.05, 3.63) is 59.7 Å². The Morgan fingerprint density at radius 3 is 2.38 bits per heavy atom. The van der Waals surface area contributed by atoms with E-state index in [0.717, 1.165) is 5.56 Å². The van der Waals surface area contributed by atoms with Gasteiger partial charge in [0.25, 0.3) is 5.91 Å². The molecule has 0 aliphatic heterocycles. The Morgan fingerprint density at radius 2 is 1.76 bits per heavy atom. The molecule has 0 bridgehead atoms. The van der Waals surface area contributed by atoms with Crippen LogP contribution >= 0.6 is 11.6 Å². The summed E-state index contributed by atoms with van der Waals surface area (Å²) in [6.07, 6.45) is 0. The van der Waals surface area contributed by atoms with Crippen molar-refractivity contribution < 1.29 is 15.0 Å². The number of benzene rings is 2. The molecule has 0 fully saturated rings. The number of phenols is 2. The van der Waals surface area contributed by atoms with E-state index in [2.05, 4.69) is 0 Å². The Hall–Kier alpha value is -2.20. The lowest BCUT2D eigenvalue weighted by Gasteiger charge is -2.22. The van der Waals surface area contributed by atoms with Gasteiger partial charge in [-0.1, -0.05) is 30.3 Å². The fraction of sp³-hybridized carbons (Fsp3) is 0.188. The summed E-state index contributed by atoms with van der Waals surface area (Å²) in [7, 11) is 0. The minimum absolute atomic E-state index is 0.241. The smallest absolute Gasteiger partial charge is 0.254 e. The monoisotopic (exact) mass is 305 g/mol. The molecule has 2 N–H and O–H groups in total. The second-order valence-electron chi connectivity index (χ2n) is 4.60. The molecule has 0 aliphatic rings. The Morgan fingerprint density at radius 1 is 1.05 bits per heavy atom. The van der Waals surface area contributed by atoms with Crippen molar-refractivity contribution in [1.82, 2.24) is 4.90 Å². The molecular weight excluding hydrogens is 290 g/mol. The summed E-state index contributed by atoms with van der Waals surface area (Å²) in [6, 6.07) is 13.6. The Bertz CT molecular complexity index is 616. The molecule has 0 unspecified atom stereocenters. The topological polar surface area (TPSA) is 60.8 Å². The minimum Gasteiger partial charge on any atom is -0.504 e. The van der Waals surface area contributed by atoms with Crippen LogP contribution in [0.5, 0.6) is 11.5 Å². The highest BCUT2D eigenvalue weighted by molar-refractivity contribution is 6.18. The summed E-state index contributed by atoms with van der Waals surface area (Å²) >= 11 is 5.77. The summed E-state index contributed by atoms with van der Waals surface area (Å²) in [5, 5.41) is 18.8. The number of amides is 1. The van der Waals surface area contributed by atoms with Crippen LogP contribution in [0.15, 0.2) is 48.5 Å². The largest absolute Gasteiger partial charge is 0.504 e. The van der Waals surface area contributed by atoms with Gasteiger partial charge in [-0.15, -0.1) is 11.6 Å². The van der Waals surface area contributed by atoms with Crippen LogP contribution in [-0.2, 0) is 6.54 Å². The highest BCUT2D eigenvalue weighted by Gasteiger charge is 2.17. The Labute approximate surface area is 128 Å². The maximum absolute atomic E-state index is 12.5. The number of nitrogens with zero attached hydrogens (tertiary/aromatic N) is 1. The number of phenolic OH excluding ortho intramolecular Hbond substituents is 2. The van der Waals surface area contributed by atoms with Crippen molar-refractivity contribution in [2.75, 3.05) is 12.4 Å². The van der Waals surface area contributed by atoms with Gasteiger partial charge < -0.3 is 15.1 Å². The van der Waals surface area contributed by atoms with Crippen LogP contribution in [0.2, 0.25) is 0 Å². The SMILES string of the molecule is O=C(c1ccc(O)c(O)c1)N(CCCl)Cc1ccccc1.